The van der Waals surface area contributed by atoms with Crippen LogP contribution in [-0.2, 0) is 0 Å². The highest BCUT2D eigenvalue weighted by molar-refractivity contribution is 7.22. The number of nitrogens with one attached hydrogen (secondary N) is 1. The lowest BCUT2D eigenvalue weighted by Crippen LogP contribution is -2.44. The van der Waals surface area contributed by atoms with Crippen molar-refractivity contribution >= 4 is 32.6 Å². The Morgan fingerprint density at radius 2 is 1.93 bits per heavy atom. The van der Waals surface area contributed by atoms with Gasteiger partial charge in [-0.15, -0.1) is 0 Å². The van der Waals surface area contributed by atoms with E-state index in [0.717, 1.165) is 52.8 Å². The number of hydrogen-bond donors (Lipinski definition) is 1. The van der Waals surface area contributed by atoms with Crippen molar-refractivity contribution in [2.45, 2.75) is 18.9 Å². The molecular formula is C20H22N4O3S. The van der Waals surface area contributed by atoms with Gasteiger partial charge in [0.05, 0.1) is 19.8 Å². The minimum absolute atomic E-state index is 0.0685. The van der Waals surface area contributed by atoms with Gasteiger partial charge in [0.1, 0.15) is 21.7 Å². The largest absolute Gasteiger partial charge is 0.495 e. The minimum atomic E-state index is -0.0685. The second-order valence-corrected chi connectivity index (χ2v) is 7.60. The number of pyridine rings is 1. The van der Waals surface area contributed by atoms with Crippen LogP contribution in [-0.4, -0.2) is 49.2 Å². The van der Waals surface area contributed by atoms with Gasteiger partial charge in [0.2, 0.25) is 0 Å². The molecule has 2 aromatic heterocycles. The summed E-state index contributed by atoms with van der Waals surface area (Å²) in [5.74, 6) is 1.48. The third-order valence-electron chi connectivity index (χ3n) is 4.92. The third-order valence-corrected chi connectivity index (χ3v) is 6.05. The molecule has 8 heteroatoms. The van der Waals surface area contributed by atoms with Gasteiger partial charge in [0.15, 0.2) is 5.13 Å². The fourth-order valence-corrected chi connectivity index (χ4v) is 4.52. The Balaban J connectivity index is 1.44. The zero-order valence-electron chi connectivity index (χ0n) is 15.8. The molecule has 1 saturated heterocycles. The summed E-state index contributed by atoms with van der Waals surface area (Å²) < 4.78 is 11.9. The lowest BCUT2D eigenvalue weighted by atomic mass is 10.1. The van der Waals surface area contributed by atoms with Crippen LogP contribution in [0.15, 0.2) is 36.7 Å². The summed E-state index contributed by atoms with van der Waals surface area (Å²) in [6.45, 7) is 1.67. The summed E-state index contributed by atoms with van der Waals surface area (Å²) in [4.78, 5) is 23.4. The molecule has 3 aromatic rings. The van der Waals surface area contributed by atoms with Gasteiger partial charge in [0.25, 0.3) is 5.91 Å². The molecule has 0 unspecified atom stereocenters. The number of methoxy groups -OCH3 is 2. The quantitative estimate of drug-likeness (QED) is 0.712. The predicted molar refractivity (Wildman–Crippen MR) is 110 cm³/mol. The molecule has 1 aromatic carbocycles. The number of rotatable bonds is 5. The van der Waals surface area contributed by atoms with E-state index in [-0.39, 0.29) is 11.9 Å². The first-order valence-electron chi connectivity index (χ1n) is 9.17. The Kier molecular flexibility index (Phi) is 5.29. The number of piperidine rings is 1. The van der Waals surface area contributed by atoms with Gasteiger partial charge in [-0.2, -0.15) is 0 Å². The standard InChI is InChI=1S/C20H22N4O3S/c1-26-15-5-6-16(27-2)18-17(15)23-20(28-18)24-10-7-14(8-11-24)22-19(25)13-4-3-9-21-12-13/h3-6,9,12,14H,7-8,10-11H2,1-2H3,(H,22,25). The molecule has 0 aliphatic carbocycles. The Labute approximate surface area is 167 Å². The molecule has 1 N–H and O–H groups in total. The fourth-order valence-electron chi connectivity index (χ4n) is 3.39. The van der Waals surface area contributed by atoms with Gasteiger partial charge in [-0.1, -0.05) is 11.3 Å². The van der Waals surface area contributed by atoms with Gasteiger partial charge >= 0.3 is 0 Å². The third kappa shape index (κ3) is 3.60. The summed E-state index contributed by atoms with van der Waals surface area (Å²) in [7, 11) is 3.31. The molecule has 0 bridgehead atoms. The molecule has 0 atom stereocenters. The number of nitrogens with zero attached hydrogens (tertiary/aromatic N) is 3. The Morgan fingerprint density at radius 1 is 1.18 bits per heavy atom. The van der Waals surface area contributed by atoms with Gasteiger partial charge in [-0.3, -0.25) is 9.78 Å². The molecule has 28 heavy (non-hydrogen) atoms. The molecule has 1 fully saturated rings. The second kappa shape index (κ2) is 8.02. The summed E-state index contributed by atoms with van der Waals surface area (Å²) >= 11 is 1.61. The number of hydrogen-bond acceptors (Lipinski definition) is 7. The normalized spacial score (nSPS) is 14.9. The Bertz CT molecular complexity index is 927. The molecule has 3 heterocycles. The lowest BCUT2D eigenvalue weighted by molar-refractivity contribution is 0.0930. The van der Waals surface area contributed by atoms with Crippen LogP contribution in [0.25, 0.3) is 10.2 Å². The molecule has 0 spiro atoms. The molecule has 1 aliphatic heterocycles. The fraction of sp³-hybridized carbons (Fsp3) is 0.350. The van der Waals surface area contributed by atoms with Crippen molar-refractivity contribution in [3.05, 3.63) is 42.2 Å². The monoisotopic (exact) mass is 398 g/mol. The number of carbonyl (C=O) groups is 1. The molecule has 146 valence electrons. The van der Waals surface area contributed by atoms with Crippen molar-refractivity contribution in [1.82, 2.24) is 15.3 Å². The first-order valence-corrected chi connectivity index (χ1v) is 9.98. The van der Waals surface area contributed by atoms with Crippen LogP contribution < -0.4 is 19.7 Å². The highest BCUT2D eigenvalue weighted by Crippen LogP contribution is 2.40. The van der Waals surface area contributed by atoms with Crippen LogP contribution in [0, 0.1) is 0 Å². The van der Waals surface area contributed by atoms with Gasteiger partial charge < -0.3 is 19.7 Å². The summed E-state index contributed by atoms with van der Waals surface area (Å²) in [5, 5.41) is 4.06. The van der Waals surface area contributed by atoms with E-state index in [2.05, 4.69) is 15.2 Å². The van der Waals surface area contributed by atoms with E-state index in [0.29, 0.717) is 5.56 Å². The van der Waals surface area contributed by atoms with Crippen LogP contribution in [0.5, 0.6) is 11.5 Å². The van der Waals surface area contributed by atoms with Crippen LogP contribution >= 0.6 is 11.3 Å². The van der Waals surface area contributed by atoms with Crippen LogP contribution in [0.3, 0.4) is 0 Å². The first-order chi connectivity index (χ1) is 13.7. The average molecular weight is 398 g/mol. The number of thiazole rings is 1. The zero-order chi connectivity index (χ0) is 19.5. The van der Waals surface area contributed by atoms with Crippen molar-refractivity contribution < 1.29 is 14.3 Å². The number of benzene rings is 1. The summed E-state index contributed by atoms with van der Waals surface area (Å²) in [6, 6.07) is 7.49. The zero-order valence-corrected chi connectivity index (χ0v) is 16.7. The highest BCUT2D eigenvalue weighted by Gasteiger charge is 2.24. The molecular weight excluding hydrogens is 376 g/mol. The average Bonchev–Trinajstić information content (AvgIpc) is 3.19. The summed E-state index contributed by atoms with van der Waals surface area (Å²) in [5.41, 5.74) is 1.42. The van der Waals surface area contributed by atoms with E-state index in [1.54, 1.807) is 50.1 Å². The minimum Gasteiger partial charge on any atom is -0.495 e. The number of anilines is 1. The van der Waals surface area contributed by atoms with E-state index < -0.39 is 0 Å². The van der Waals surface area contributed by atoms with Crippen molar-refractivity contribution in [2.75, 3.05) is 32.2 Å². The first kappa shape index (κ1) is 18.5. The van der Waals surface area contributed by atoms with E-state index in [9.17, 15) is 4.79 Å². The van der Waals surface area contributed by atoms with Crippen molar-refractivity contribution in [2.24, 2.45) is 0 Å². The summed E-state index contributed by atoms with van der Waals surface area (Å²) in [6.07, 6.45) is 5.00. The van der Waals surface area contributed by atoms with Gasteiger partial charge in [0, 0.05) is 31.5 Å². The SMILES string of the molecule is COc1ccc(OC)c2sc(N3CCC(NC(=O)c4cccnc4)CC3)nc12. The van der Waals surface area contributed by atoms with Gasteiger partial charge in [-0.25, -0.2) is 4.98 Å². The smallest absolute Gasteiger partial charge is 0.253 e. The second-order valence-electron chi connectivity index (χ2n) is 6.62. The highest BCUT2D eigenvalue weighted by atomic mass is 32.1. The number of amides is 1. The van der Waals surface area contributed by atoms with Crippen molar-refractivity contribution in [1.29, 1.82) is 0 Å². The maximum atomic E-state index is 12.3. The number of aromatic nitrogens is 2. The molecule has 4 rings (SSSR count). The number of fused-ring (bicyclic) bond motifs is 1. The molecule has 0 radical (unpaired) electrons. The van der Waals surface area contributed by atoms with E-state index >= 15 is 0 Å². The van der Waals surface area contributed by atoms with Crippen molar-refractivity contribution in [3.8, 4) is 11.5 Å². The van der Waals surface area contributed by atoms with E-state index in [4.69, 9.17) is 14.5 Å². The molecule has 1 aliphatic rings. The Hall–Kier alpha value is -2.87. The van der Waals surface area contributed by atoms with Crippen LogP contribution in [0.2, 0.25) is 0 Å². The maximum absolute atomic E-state index is 12.3. The maximum Gasteiger partial charge on any atom is 0.253 e. The van der Waals surface area contributed by atoms with Gasteiger partial charge in [-0.05, 0) is 37.1 Å². The van der Waals surface area contributed by atoms with Crippen LogP contribution in [0.1, 0.15) is 23.2 Å². The Morgan fingerprint density at radius 3 is 2.61 bits per heavy atom. The van der Waals surface area contributed by atoms with E-state index in [1.165, 1.54) is 0 Å². The van der Waals surface area contributed by atoms with E-state index in [1.807, 2.05) is 12.1 Å². The lowest BCUT2D eigenvalue weighted by Gasteiger charge is -2.32. The molecule has 7 nitrogen and oxygen atoms in total. The number of ether oxygens (including phenoxy) is 2. The molecule has 0 saturated carbocycles. The topological polar surface area (TPSA) is 76.6 Å². The number of carbonyl (C=O) groups excluding carboxylic acids is 1. The van der Waals surface area contributed by atoms with Crippen molar-refractivity contribution in [3.63, 3.8) is 0 Å². The molecule has 1 amide bonds. The van der Waals surface area contributed by atoms with Crippen LogP contribution in [0.4, 0.5) is 5.13 Å². The predicted octanol–water partition coefficient (Wildman–Crippen LogP) is 3.11.